The van der Waals surface area contributed by atoms with E-state index in [1.54, 1.807) is 6.26 Å². The molecule has 1 fully saturated rings. The van der Waals surface area contributed by atoms with Crippen molar-refractivity contribution in [3.05, 3.63) is 54.2 Å². The molecular weight excluding hydrogens is 402 g/mol. The molecule has 2 heterocycles. The smallest absolute Gasteiger partial charge is 0.104 e. The molecule has 0 aliphatic carbocycles. The van der Waals surface area contributed by atoms with Gasteiger partial charge in [-0.15, -0.1) is 0 Å². The monoisotopic (exact) mass is 427 g/mol. The van der Waals surface area contributed by atoms with Crippen molar-refractivity contribution in [2.24, 2.45) is 5.73 Å². The van der Waals surface area contributed by atoms with Crippen LogP contribution in [0.4, 0.5) is 5.69 Å². The Kier molecular flexibility index (Phi) is 5.38. The number of nitrogens with zero attached hydrogens (tertiary/aromatic N) is 1. The van der Waals surface area contributed by atoms with Crippen LogP contribution in [0.3, 0.4) is 0 Å². The molecular formula is C22H25N3O2S2. The summed E-state index contributed by atoms with van der Waals surface area (Å²) in [6.45, 7) is 1.52. The maximum absolute atomic E-state index is 12.1. The molecule has 7 heteroatoms. The third-order valence-electron chi connectivity index (χ3n) is 5.21. The summed E-state index contributed by atoms with van der Waals surface area (Å²) in [6.07, 6.45) is 5.74. The van der Waals surface area contributed by atoms with Crippen molar-refractivity contribution in [3.63, 3.8) is 0 Å². The Labute approximate surface area is 177 Å². The van der Waals surface area contributed by atoms with Crippen molar-refractivity contribution in [2.75, 3.05) is 24.2 Å². The van der Waals surface area contributed by atoms with E-state index in [9.17, 15) is 4.21 Å². The van der Waals surface area contributed by atoms with E-state index in [4.69, 9.17) is 22.7 Å². The molecule has 1 atom stereocenters. The van der Waals surface area contributed by atoms with Crippen LogP contribution >= 0.6 is 12.2 Å². The Morgan fingerprint density at radius 3 is 2.72 bits per heavy atom. The fraction of sp³-hybridized carbons (Fsp3) is 0.273. The number of fused-ring (bicyclic) bond motifs is 1. The van der Waals surface area contributed by atoms with E-state index in [0.29, 0.717) is 11.0 Å². The predicted molar refractivity (Wildman–Crippen MR) is 127 cm³/mol. The minimum atomic E-state index is -2.35. The van der Waals surface area contributed by atoms with Gasteiger partial charge < -0.3 is 19.8 Å². The standard InChI is InChI=1S/C22H25N3O2S2/c1-29(2,26)24-17-6-7-19-20(15-4-3-5-16(12-15)22(23)28)14-25(21(19)13-17)18-8-10-27-11-9-18/h3-7,12-14,18H,1,8-11H2,2H3,(H2,23,28)(H,24,26). The van der Waals surface area contributed by atoms with Crippen LogP contribution in [0.25, 0.3) is 22.0 Å². The van der Waals surface area contributed by atoms with Crippen molar-refractivity contribution in [3.8, 4) is 11.1 Å². The van der Waals surface area contributed by atoms with E-state index in [-0.39, 0.29) is 0 Å². The van der Waals surface area contributed by atoms with Gasteiger partial charge in [0.15, 0.2) is 0 Å². The second-order valence-corrected chi connectivity index (χ2v) is 10.2. The summed E-state index contributed by atoms with van der Waals surface area (Å²) in [6, 6.07) is 14.5. The van der Waals surface area contributed by atoms with Crippen LogP contribution in [0.1, 0.15) is 24.4 Å². The van der Waals surface area contributed by atoms with Crippen molar-refractivity contribution >= 4 is 49.4 Å². The third kappa shape index (κ3) is 4.32. The van der Waals surface area contributed by atoms with Gasteiger partial charge in [0.25, 0.3) is 0 Å². The minimum Gasteiger partial charge on any atom is -0.389 e. The Morgan fingerprint density at radius 2 is 2.03 bits per heavy atom. The summed E-state index contributed by atoms with van der Waals surface area (Å²) in [5.74, 6) is 3.71. The van der Waals surface area contributed by atoms with E-state index in [0.717, 1.165) is 59.3 Å². The number of hydrogen-bond acceptors (Lipinski definition) is 3. The molecule has 0 bridgehead atoms. The zero-order valence-corrected chi connectivity index (χ0v) is 18.0. The molecule has 29 heavy (non-hydrogen) atoms. The van der Waals surface area contributed by atoms with E-state index < -0.39 is 9.71 Å². The molecule has 0 amide bonds. The minimum absolute atomic E-state index is 0.361. The van der Waals surface area contributed by atoms with Gasteiger partial charge in [-0.05, 0) is 42.5 Å². The number of anilines is 1. The molecule has 1 saturated heterocycles. The van der Waals surface area contributed by atoms with Crippen LogP contribution < -0.4 is 10.5 Å². The van der Waals surface area contributed by atoms with Crippen LogP contribution in [-0.2, 0) is 14.4 Å². The fourth-order valence-electron chi connectivity index (χ4n) is 3.90. The van der Waals surface area contributed by atoms with E-state index in [1.807, 2.05) is 24.3 Å². The first-order chi connectivity index (χ1) is 13.8. The van der Waals surface area contributed by atoms with E-state index in [1.165, 1.54) is 0 Å². The average molecular weight is 428 g/mol. The largest absolute Gasteiger partial charge is 0.389 e. The topological polar surface area (TPSA) is 69.3 Å². The molecule has 4 rings (SSSR count). The van der Waals surface area contributed by atoms with Gasteiger partial charge >= 0.3 is 0 Å². The molecule has 1 aliphatic heterocycles. The van der Waals surface area contributed by atoms with Gasteiger partial charge in [0, 0.05) is 63.6 Å². The SMILES string of the molecule is C=S(C)(=O)Nc1ccc2c(-c3cccc(C(N)=S)c3)cn(C3CCOCC3)c2c1. The first-order valence-electron chi connectivity index (χ1n) is 9.54. The molecule has 0 saturated carbocycles. The molecule has 1 aliphatic rings. The molecule has 3 N–H and O–H groups in total. The Morgan fingerprint density at radius 1 is 1.28 bits per heavy atom. The number of nitrogens with two attached hydrogens (primary N) is 1. The number of nitrogens with one attached hydrogen (secondary N) is 1. The number of aromatic nitrogens is 1. The molecule has 1 aromatic heterocycles. The number of rotatable bonds is 5. The first-order valence-corrected chi connectivity index (χ1v) is 12.1. The van der Waals surface area contributed by atoms with E-state index >= 15 is 0 Å². The van der Waals surface area contributed by atoms with Gasteiger partial charge in [0.2, 0.25) is 0 Å². The lowest BCUT2D eigenvalue weighted by Gasteiger charge is -2.24. The molecule has 2 aromatic carbocycles. The van der Waals surface area contributed by atoms with Crippen LogP contribution in [0.15, 0.2) is 48.7 Å². The summed E-state index contributed by atoms with van der Waals surface area (Å²) in [4.78, 5) is 0.389. The van der Waals surface area contributed by atoms with E-state index in [2.05, 4.69) is 39.6 Å². The zero-order valence-electron chi connectivity index (χ0n) is 16.4. The summed E-state index contributed by atoms with van der Waals surface area (Å²) in [5, 5.41) is 1.13. The van der Waals surface area contributed by atoms with Gasteiger partial charge in [-0.1, -0.05) is 36.5 Å². The predicted octanol–water partition coefficient (Wildman–Crippen LogP) is 3.97. The summed E-state index contributed by atoms with van der Waals surface area (Å²) < 4.78 is 23.0. The van der Waals surface area contributed by atoms with Crippen LogP contribution in [0.2, 0.25) is 0 Å². The summed E-state index contributed by atoms with van der Waals surface area (Å²) >= 11 is 5.16. The lowest BCUT2D eigenvalue weighted by Crippen LogP contribution is -2.19. The third-order valence-corrected chi connectivity index (χ3v) is 6.11. The molecule has 5 nitrogen and oxygen atoms in total. The number of thiocarbonyl (C=S) groups is 1. The second-order valence-electron chi connectivity index (χ2n) is 7.58. The van der Waals surface area contributed by atoms with Gasteiger partial charge in [-0.25, -0.2) is 4.21 Å². The van der Waals surface area contributed by atoms with Crippen LogP contribution in [0.5, 0.6) is 0 Å². The zero-order chi connectivity index (χ0) is 20.6. The molecule has 152 valence electrons. The van der Waals surface area contributed by atoms with Gasteiger partial charge in [-0.2, -0.15) is 0 Å². The maximum atomic E-state index is 12.1. The van der Waals surface area contributed by atoms with Crippen LogP contribution in [0, 0.1) is 0 Å². The molecule has 1 unspecified atom stereocenters. The number of ether oxygens (including phenoxy) is 1. The van der Waals surface area contributed by atoms with Crippen molar-refractivity contribution in [2.45, 2.75) is 18.9 Å². The average Bonchev–Trinajstić information content (AvgIpc) is 3.06. The Bertz CT molecular complexity index is 1180. The summed E-state index contributed by atoms with van der Waals surface area (Å²) in [5.41, 5.74) is 10.8. The molecule has 0 spiro atoms. The fourth-order valence-corrected chi connectivity index (χ4v) is 4.65. The van der Waals surface area contributed by atoms with Crippen molar-refractivity contribution in [1.82, 2.24) is 4.57 Å². The highest BCUT2D eigenvalue weighted by atomic mass is 32.2. The Hall–Kier alpha value is -2.35. The van der Waals surface area contributed by atoms with Crippen molar-refractivity contribution < 1.29 is 8.95 Å². The highest BCUT2D eigenvalue weighted by Gasteiger charge is 2.20. The molecule has 0 radical (unpaired) electrons. The quantitative estimate of drug-likeness (QED) is 0.605. The van der Waals surface area contributed by atoms with Gasteiger partial charge in [-0.3, -0.25) is 0 Å². The van der Waals surface area contributed by atoms with Crippen molar-refractivity contribution in [1.29, 1.82) is 0 Å². The second kappa shape index (κ2) is 7.82. The maximum Gasteiger partial charge on any atom is 0.104 e. The highest BCUT2D eigenvalue weighted by Crippen LogP contribution is 2.36. The Balaban J connectivity index is 1.88. The first kappa shape index (κ1) is 19.9. The lowest BCUT2D eigenvalue weighted by molar-refractivity contribution is 0.0707. The highest BCUT2D eigenvalue weighted by molar-refractivity contribution is 8.00. The summed E-state index contributed by atoms with van der Waals surface area (Å²) in [7, 11) is -2.35. The normalized spacial score (nSPS) is 17.1. The van der Waals surface area contributed by atoms with Gasteiger partial charge in [0.05, 0.1) is 5.52 Å². The van der Waals surface area contributed by atoms with Crippen LogP contribution in [-0.4, -0.2) is 39.1 Å². The van der Waals surface area contributed by atoms with Gasteiger partial charge in [0.1, 0.15) is 4.99 Å². The number of benzene rings is 2. The number of hydrogen-bond donors (Lipinski definition) is 2. The lowest BCUT2D eigenvalue weighted by atomic mass is 10.0. The molecule has 3 aromatic rings.